The standard InChI is InChI=1S/C12H17N3O3/c1-2-3-8(12(17)18)13-11(16)10-6-9(14-15-10)7-4-5-7/h6-8H,2-5H2,1H3,(H,13,16)(H,14,15)(H,17,18). The minimum Gasteiger partial charge on any atom is -0.480 e. The molecule has 0 saturated heterocycles. The zero-order chi connectivity index (χ0) is 13.1. The van der Waals surface area contributed by atoms with Crippen LogP contribution in [0.1, 0.15) is 54.7 Å². The van der Waals surface area contributed by atoms with E-state index >= 15 is 0 Å². The quantitative estimate of drug-likeness (QED) is 0.709. The first kappa shape index (κ1) is 12.6. The monoisotopic (exact) mass is 251 g/mol. The summed E-state index contributed by atoms with van der Waals surface area (Å²) in [5, 5.41) is 18.2. The Morgan fingerprint density at radius 2 is 2.33 bits per heavy atom. The lowest BCUT2D eigenvalue weighted by atomic mass is 10.1. The Morgan fingerprint density at radius 1 is 1.61 bits per heavy atom. The normalized spacial score (nSPS) is 16.3. The van der Waals surface area contributed by atoms with E-state index in [1.54, 1.807) is 6.07 Å². The molecule has 1 aromatic rings. The van der Waals surface area contributed by atoms with Gasteiger partial charge in [-0.15, -0.1) is 0 Å². The van der Waals surface area contributed by atoms with E-state index in [2.05, 4.69) is 15.5 Å². The van der Waals surface area contributed by atoms with Gasteiger partial charge in [0, 0.05) is 11.6 Å². The number of aromatic nitrogens is 2. The molecule has 98 valence electrons. The lowest BCUT2D eigenvalue weighted by Gasteiger charge is -2.11. The molecule has 1 aromatic heterocycles. The first-order valence-corrected chi connectivity index (χ1v) is 6.20. The highest BCUT2D eigenvalue weighted by molar-refractivity contribution is 5.95. The number of nitrogens with zero attached hydrogens (tertiary/aromatic N) is 1. The Hall–Kier alpha value is -1.85. The van der Waals surface area contributed by atoms with Gasteiger partial charge in [-0.3, -0.25) is 9.89 Å². The maximum atomic E-state index is 11.8. The second-order valence-electron chi connectivity index (χ2n) is 4.64. The van der Waals surface area contributed by atoms with E-state index in [1.165, 1.54) is 0 Å². The fraction of sp³-hybridized carbons (Fsp3) is 0.583. The topological polar surface area (TPSA) is 95.1 Å². The molecule has 1 unspecified atom stereocenters. The highest BCUT2D eigenvalue weighted by Crippen LogP contribution is 2.38. The molecule has 6 heteroatoms. The van der Waals surface area contributed by atoms with Gasteiger partial charge in [0.05, 0.1) is 0 Å². The Kier molecular flexibility index (Phi) is 3.64. The van der Waals surface area contributed by atoms with E-state index in [4.69, 9.17) is 5.11 Å². The third-order valence-corrected chi connectivity index (χ3v) is 3.03. The van der Waals surface area contributed by atoms with Gasteiger partial charge in [0.15, 0.2) is 0 Å². The summed E-state index contributed by atoms with van der Waals surface area (Å²) in [6.45, 7) is 1.88. The SMILES string of the molecule is CCCC(NC(=O)c1cc(C2CC2)[nH]n1)C(=O)O. The molecule has 1 aliphatic rings. The summed E-state index contributed by atoms with van der Waals surface area (Å²) in [7, 11) is 0. The number of carboxylic acid groups (broad SMARTS) is 1. The highest BCUT2D eigenvalue weighted by atomic mass is 16.4. The van der Waals surface area contributed by atoms with Gasteiger partial charge in [-0.05, 0) is 25.3 Å². The highest BCUT2D eigenvalue weighted by Gasteiger charge is 2.27. The predicted molar refractivity (Wildman–Crippen MR) is 64.4 cm³/mol. The molecule has 1 atom stereocenters. The molecule has 1 aliphatic carbocycles. The molecule has 0 spiro atoms. The summed E-state index contributed by atoms with van der Waals surface area (Å²) in [5.74, 6) is -0.952. The van der Waals surface area contributed by atoms with Crippen molar-refractivity contribution < 1.29 is 14.7 Å². The molecule has 0 radical (unpaired) electrons. The number of hydrogen-bond acceptors (Lipinski definition) is 3. The third-order valence-electron chi connectivity index (χ3n) is 3.03. The van der Waals surface area contributed by atoms with Gasteiger partial charge in [0.25, 0.3) is 5.91 Å². The fourth-order valence-corrected chi connectivity index (χ4v) is 1.83. The van der Waals surface area contributed by atoms with Gasteiger partial charge in [-0.2, -0.15) is 5.10 Å². The van der Waals surface area contributed by atoms with Crippen molar-refractivity contribution in [3.63, 3.8) is 0 Å². The number of carboxylic acids is 1. The van der Waals surface area contributed by atoms with Crippen LogP contribution in [0.25, 0.3) is 0 Å². The fourth-order valence-electron chi connectivity index (χ4n) is 1.83. The van der Waals surface area contributed by atoms with Gasteiger partial charge in [-0.25, -0.2) is 4.79 Å². The molecular weight excluding hydrogens is 234 g/mol. The number of nitrogens with one attached hydrogen (secondary N) is 2. The predicted octanol–water partition coefficient (Wildman–Crippen LogP) is 1.27. The van der Waals surface area contributed by atoms with Crippen LogP contribution in [0, 0.1) is 0 Å². The van der Waals surface area contributed by atoms with Crippen LogP contribution in [0.3, 0.4) is 0 Å². The summed E-state index contributed by atoms with van der Waals surface area (Å²) in [6, 6.07) is 0.862. The van der Waals surface area contributed by atoms with Gasteiger partial charge < -0.3 is 10.4 Å². The van der Waals surface area contributed by atoms with Crippen molar-refractivity contribution in [2.75, 3.05) is 0 Å². The number of carbonyl (C=O) groups excluding carboxylic acids is 1. The minimum absolute atomic E-state index is 0.263. The lowest BCUT2D eigenvalue weighted by molar-refractivity contribution is -0.139. The van der Waals surface area contributed by atoms with Crippen molar-refractivity contribution in [2.24, 2.45) is 0 Å². The average molecular weight is 251 g/mol. The number of aliphatic carboxylic acids is 1. The Bertz CT molecular complexity index is 451. The average Bonchev–Trinajstić information content (AvgIpc) is 3.06. The van der Waals surface area contributed by atoms with E-state index in [0.717, 1.165) is 18.5 Å². The molecule has 1 saturated carbocycles. The largest absolute Gasteiger partial charge is 0.480 e. The van der Waals surface area contributed by atoms with Crippen LogP contribution in [0.4, 0.5) is 0 Å². The molecular formula is C12H17N3O3. The zero-order valence-electron chi connectivity index (χ0n) is 10.3. The van der Waals surface area contributed by atoms with E-state index in [-0.39, 0.29) is 5.69 Å². The number of carbonyl (C=O) groups is 2. The second-order valence-corrected chi connectivity index (χ2v) is 4.64. The maximum absolute atomic E-state index is 11.8. The molecule has 3 N–H and O–H groups in total. The number of amides is 1. The van der Waals surface area contributed by atoms with Gasteiger partial charge in [-0.1, -0.05) is 13.3 Å². The molecule has 1 amide bonds. The molecule has 0 aromatic carbocycles. The second kappa shape index (κ2) is 5.20. The van der Waals surface area contributed by atoms with Gasteiger partial charge >= 0.3 is 5.97 Å². The summed E-state index contributed by atoms with van der Waals surface area (Å²) < 4.78 is 0. The maximum Gasteiger partial charge on any atom is 0.326 e. The Balaban J connectivity index is 1.98. The van der Waals surface area contributed by atoms with E-state index in [1.807, 2.05) is 6.92 Å². The number of H-pyrrole nitrogens is 1. The van der Waals surface area contributed by atoms with E-state index < -0.39 is 17.9 Å². The smallest absolute Gasteiger partial charge is 0.326 e. The van der Waals surface area contributed by atoms with Crippen LogP contribution >= 0.6 is 0 Å². The van der Waals surface area contributed by atoms with Crippen LogP contribution in [0.5, 0.6) is 0 Å². The summed E-state index contributed by atoms with van der Waals surface area (Å²) in [5.41, 5.74) is 1.22. The molecule has 18 heavy (non-hydrogen) atoms. The van der Waals surface area contributed by atoms with Crippen molar-refractivity contribution in [2.45, 2.75) is 44.6 Å². The van der Waals surface area contributed by atoms with E-state index in [9.17, 15) is 9.59 Å². The van der Waals surface area contributed by atoms with Crippen molar-refractivity contribution in [3.8, 4) is 0 Å². The summed E-state index contributed by atoms with van der Waals surface area (Å²) >= 11 is 0. The molecule has 1 fully saturated rings. The molecule has 1 heterocycles. The molecule has 0 aliphatic heterocycles. The van der Waals surface area contributed by atoms with Crippen molar-refractivity contribution in [1.29, 1.82) is 0 Å². The Morgan fingerprint density at radius 3 is 2.89 bits per heavy atom. The summed E-state index contributed by atoms with van der Waals surface area (Å²) in [6.07, 6.45) is 3.36. The van der Waals surface area contributed by atoms with E-state index in [0.29, 0.717) is 18.8 Å². The third kappa shape index (κ3) is 2.88. The molecule has 0 bridgehead atoms. The first-order valence-electron chi connectivity index (χ1n) is 6.20. The number of aromatic amines is 1. The van der Waals surface area contributed by atoms with Crippen LogP contribution in [0.15, 0.2) is 6.07 Å². The van der Waals surface area contributed by atoms with Crippen molar-refractivity contribution in [1.82, 2.24) is 15.5 Å². The minimum atomic E-state index is -1.01. The van der Waals surface area contributed by atoms with Crippen LogP contribution in [-0.4, -0.2) is 33.2 Å². The number of hydrogen-bond donors (Lipinski definition) is 3. The summed E-state index contributed by atoms with van der Waals surface area (Å²) in [4.78, 5) is 22.8. The van der Waals surface area contributed by atoms with Crippen LogP contribution in [-0.2, 0) is 4.79 Å². The van der Waals surface area contributed by atoms with Crippen molar-refractivity contribution >= 4 is 11.9 Å². The van der Waals surface area contributed by atoms with Crippen LogP contribution in [0.2, 0.25) is 0 Å². The molecule has 6 nitrogen and oxygen atoms in total. The van der Waals surface area contributed by atoms with Crippen LogP contribution < -0.4 is 5.32 Å². The lowest BCUT2D eigenvalue weighted by Crippen LogP contribution is -2.40. The van der Waals surface area contributed by atoms with Crippen molar-refractivity contribution in [3.05, 3.63) is 17.5 Å². The molecule has 2 rings (SSSR count). The number of rotatable bonds is 6. The zero-order valence-corrected chi connectivity index (χ0v) is 10.3. The Labute approximate surface area is 105 Å². The van der Waals surface area contributed by atoms with Gasteiger partial charge in [0.1, 0.15) is 11.7 Å². The first-order chi connectivity index (χ1) is 8.61. The van der Waals surface area contributed by atoms with Gasteiger partial charge in [0.2, 0.25) is 0 Å².